The van der Waals surface area contributed by atoms with Crippen molar-refractivity contribution < 1.29 is 0 Å². The Bertz CT molecular complexity index is 186. The van der Waals surface area contributed by atoms with E-state index in [0.717, 1.165) is 25.9 Å². The third-order valence-corrected chi connectivity index (χ3v) is 2.58. The van der Waals surface area contributed by atoms with Gasteiger partial charge < -0.3 is 0 Å². The second-order valence-electron chi connectivity index (χ2n) is 2.70. The number of nitrogens with zero attached hydrogens (tertiary/aromatic N) is 1. The molecule has 0 aromatic heterocycles. The van der Waals surface area contributed by atoms with Crippen molar-refractivity contribution in [2.24, 2.45) is 0 Å². The molecule has 0 unspecified atom stereocenters. The minimum absolute atomic E-state index is 0.867. The van der Waals surface area contributed by atoms with Gasteiger partial charge in [-0.05, 0) is 0 Å². The van der Waals surface area contributed by atoms with Crippen molar-refractivity contribution in [3.63, 3.8) is 0 Å². The first kappa shape index (κ1) is 12.4. The molecule has 72 valence electrons. The molecular formula is C11H17NSe. The monoisotopic (exact) mass is 243 g/mol. The summed E-state index contributed by atoms with van der Waals surface area (Å²) in [4.78, 5) is 2.21. The van der Waals surface area contributed by atoms with E-state index in [2.05, 4.69) is 40.2 Å². The molecule has 2 heteroatoms. The maximum atomic E-state index is 3.72. The summed E-state index contributed by atoms with van der Waals surface area (Å²) in [7, 11) is 0. The van der Waals surface area contributed by atoms with Gasteiger partial charge in [-0.3, -0.25) is 0 Å². The summed E-state index contributed by atoms with van der Waals surface area (Å²) in [5.41, 5.74) is 0. The average molecular weight is 242 g/mol. The van der Waals surface area contributed by atoms with E-state index in [9.17, 15) is 0 Å². The first-order chi connectivity index (χ1) is 6.26. The minimum atomic E-state index is 0.867. The summed E-state index contributed by atoms with van der Waals surface area (Å²) in [5, 5.41) is 0. The van der Waals surface area contributed by atoms with Crippen LogP contribution >= 0.6 is 0 Å². The molecule has 0 radical (unpaired) electrons. The second kappa shape index (κ2) is 8.03. The summed E-state index contributed by atoms with van der Waals surface area (Å²) >= 11 is 3.08. The van der Waals surface area contributed by atoms with E-state index in [-0.39, 0.29) is 0 Å². The summed E-state index contributed by atoms with van der Waals surface area (Å²) < 4.78 is 1.25. The van der Waals surface area contributed by atoms with Gasteiger partial charge in [-0.1, -0.05) is 0 Å². The van der Waals surface area contributed by atoms with Crippen LogP contribution in [-0.4, -0.2) is 38.1 Å². The van der Waals surface area contributed by atoms with E-state index in [0.29, 0.717) is 0 Å². The van der Waals surface area contributed by atoms with Crippen molar-refractivity contribution in [1.29, 1.82) is 0 Å². The topological polar surface area (TPSA) is 3.24 Å². The SMILES string of the molecule is C=CCCC(=[Se])N(CC=C)CC=C. The Morgan fingerprint density at radius 2 is 1.62 bits per heavy atom. The van der Waals surface area contributed by atoms with Gasteiger partial charge in [-0.2, -0.15) is 0 Å². The fraction of sp³-hybridized carbons (Fsp3) is 0.364. The molecular weight excluding hydrogens is 225 g/mol. The fourth-order valence-electron chi connectivity index (χ4n) is 0.973. The standard InChI is InChI=1S/C11H17NSe/c1-4-7-8-11(13)12(9-5-2)10-6-3/h4-6H,1-3,7-10H2. The van der Waals surface area contributed by atoms with Gasteiger partial charge in [0, 0.05) is 0 Å². The van der Waals surface area contributed by atoms with Crippen molar-refractivity contribution in [2.45, 2.75) is 12.8 Å². The second-order valence-corrected chi connectivity index (χ2v) is 3.69. The summed E-state index contributed by atoms with van der Waals surface area (Å²) in [6, 6.07) is 0. The quantitative estimate of drug-likeness (QED) is 0.464. The molecule has 0 rings (SSSR count). The summed E-state index contributed by atoms with van der Waals surface area (Å²) in [6.45, 7) is 12.9. The molecule has 0 heterocycles. The zero-order valence-corrected chi connectivity index (χ0v) is 9.75. The zero-order valence-electron chi connectivity index (χ0n) is 8.04. The number of hydrogen-bond donors (Lipinski definition) is 0. The zero-order chi connectivity index (χ0) is 10.1. The predicted molar refractivity (Wildman–Crippen MR) is 62.2 cm³/mol. The number of allylic oxidation sites excluding steroid dienone is 1. The first-order valence-corrected chi connectivity index (χ1v) is 5.22. The van der Waals surface area contributed by atoms with E-state index in [1.165, 1.54) is 4.54 Å². The van der Waals surface area contributed by atoms with Crippen LogP contribution in [0, 0.1) is 0 Å². The summed E-state index contributed by atoms with van der Waals surface area (Å²) in [5.74, 6) is 0. The normalized spacial score (nSPS) is 8.92. The Hall–Kier alpha value is -0.591. The van der Waals surface area contributed by atoms with Crippen LogP contribution in [-0.2, 0) is 0 Å². The van der Waals surface area contributed by atoms with E-state index in [1.807, 2.05) is 18.2 Å². The molecule has 0 bridgehead atoms. The van der Waals surface area contributed by atoms with Gasteiger partial charge in [0.1, 0.15) is 0 Å². The van der Waals surface area contributed by atoms with Crippen molar-refractivity contribution in [1.82, 2.24) is 4.90 Å². The van der Waals surface area contributed by atoms with E-state index in [4.69, 9.17) is 0 Å². The van der Waals surface area contributed by atoms with Gasteiger partial charge in [0.05, 0.1) is 0 Å². The van der Waals surface area contributed by atoms with E-state index in [1.54, 1.807) is 0 Å². The van der Waals surface area contributed by atoms with Crippen LogP contribution < -0.4 is 0 Å². The molecule has 0 N–H and O–H groups in total. The third-order valence-electron chi connectivity index (χ3n) is 1.61. The number of hydrogen-bond acceptors (Lipinski definition) is 1. The van der Waals surface area contributed by atoms with Crippen LogP contribution in [0.25, 0.3) is 0 Å². The van der Waals surface area contributed by atoms with E-state index < -0.39 is 0 Å². The molecule has 0 aromatic carbocycles. The molecule has 0 atom stereocenters. The number of rotatable bonds is 8. The van der Waals surface area contributed by atoms with Gasteiger partial charge in [-0.15, -0.1) is 0 Å². The van der Waals surface area contributed by atoms with Crippen molar-refractivity contribution >= 4 is 20.1 Å². The summed E-state index contributed by atoms with van der Waals surface area (Å²) in [6.07, 6.45) is 7.75. The molecule has 0 saturated heterocycles. The van der Waals surface area contributed by atoms with Crippen LogP contribution in [0.4, 0.5) is 0 Å². The van der Waals surface area contributed by atoms with Crippen LogP contribution in [0.1, 0.15) is 12.8 Å². The Labute approximate surface area is 89.2 Å². The maximum absolute atomic E-state index is 3.72. The molecule has 0 spiro atoms. The van der Waals surface area contributed by atoms with Crippen molar-refractivity contribution in [2.75, 3.05) is 13.1 Å². The van der Waals surface area contributed by atoms with Crippen LogP contribution in [0.5, 0.6) is 0 Å². The molecule has 0 fully saturated rings. The Morgan fingerprint density at radius 3 is 2.00 bits per heavy atom. The van der Waals surface area contributed by atoms with Crippen LogP contribution in [0.15, 0.2) is 38.0 Å². The van der Waals surface area contributed by atoms with Crippen molar-refractivity contribution in [3.8, 4) is 0 Å². The Morgan fingerprint density at radius 1 is 1.08 bits per heavy atom. The molecule has 0 aromatic rings. The van der Waals surface area contributed by atoms with Gasteiger partial charge in [0.2, 0.25) is 0 Å². The molecule has 13 heavy (non-hydrogen) atoms. The molecule has 0 saturated carbocycles. The molecule has 1 nitrogen and oxygen atoms in total. The third kappa shape index (κ3) is 5.62. The van der Waals surface area contributed by atoms with Crippen molar-refractivity contribution in [3.05, 3.63) is 38.0 Å². The fourth-order valence-corrected chi connectivity index (χ4v) is 1.53. The van der Waals surface area contributed by atoms with Gasteiger partial charge >= 0.3 is 88.9 Å². The van der Waals surface area contributed by atoms with Gasteiger partial charge in [0.15, 0.2) is 0 Å². The predicted octanol–water partition coefficient (Wildman–Crippen LogP) is 1.93. The molecule has 0 aliphatic rings. The Balaban J connectivity index is 4.00. The molecule has 0 aliphatic carbocycles. The van der Waals surface area contributed by atoms with Crippen LogP contribution in [0.3, 0.4) is 0 Å². The van der Waals surface area contributed by atoms with Gasteiger partial charge in [0.25, 0.3) is 0 Å². The molecule has 0 amide bonds. The Kier molecular flexibility index (Phi) is 7.66. The molecule has 0 aliphatic heterocycles. The van der Waals surface area contributed by atoms with E-state index >= 15 is 0 Å². The van der Waals surface area contributed by atoms with Gasteiger partial charge in [-0.25, -0.2) is 0 Å². The average Bonchev–Trinajstić information content (AvgIpc) is 2.14. The van der Waals surface area contributed by atoms with Crippen LogP contribution in [0.2, 0.25) is 0 Å². The first-order valence-electron chi connectivity index (χ1n) is 4.36.